The molecule has 0 spiro atoms. The van der Waals surface area contributed by atoms with Crippen molar-refractivity contribution in [3.8, 4) is 0 Å². The minimum Gasteiger partial charge on any atom is -0.481 e. The average Bonchev–Trinajstić information content (AvgIpc) is 2.01. The number of hydrogen-bond donors (Lipinski definition) is 1. The van der Waals surface area contributed by atoms with Gasteiger partial charge in [-0.05, 0) is 30.2 Å². The van der Waals surface area contributed by atoms with Crippen LogP contribution in [0.1, 0.15) is 12.0 Å². The first kappa shape index (κ1) is 8.71. The molecule has 1 aromatic carbocycles. The van der Waals surface area contributed by atoms with Crippen LogP contribution < -0.4 is 0 Å². The van der Waals surface area contributed by atoms with Crippen LogP contribution >= 0.6 is 0 Å². The zero-order valence-corrected chi connectivity index (χ0v) is 6.38. The van der Waals surface area contributed by atoms with Crippen molar-refractivity contribution < 1.29 is 14.3 Å². The summed E-state index contributed by atoms with van der Waals surface area (Å²) >= 11 is 0. The lowest BCUT2D eigenvalue weighted by Crippen LogP contribution is -1.97. The van der Waals surface area contributed by atoms with E-state index in [1.54, 1.807) is 6.07 Å². The van der Waals surface area contributed by atoms with Crippen LogP contribution in [0.4, 0.5) is 4.39 Å². The van der Waals surface area contributed by atoms with E-state index in [4.69, 9.17) is 5.11 Å². The van der Waals surface area contributed by atoms with Crippen LogP contribution in [0.3, 0.4) is 0 Å². The minimum absolute atomic E-state index is 0.0251. The topological polar surface area (TPSA) is 37.3 Å². The lowest BCUT2D eigenvalue weighted by Gasteiger charge is -1.96. The Morgan fingerprint density at radius 2 is 2.33 bits per heavy atom. The fourth-order valence-electron chi connectivity index (χ4n) is 0.884. The number of hydrogen-bond acceptors (Lipinski definition) is 1. The van der Waals surface area contributed by atoms with Gasteiger partial charge in [-0.2, -0.15) is 0 Å². The molecule has 1 aromatic rings. The quantitative estimate of drug-likeness (QED) is 0.743. The van der Waals surface area contributed by atoms with Gasteiger partial charge in [-0.1, -0.05) is 6.07 Å². The van der Waals surface area contributed by atoms with E-state index in [0.29, 0.717) is 12.0 Å². The number of carboxylic acid groups (broad SMARTS) is 1. The highest BCUT2D eigenvalue weighted by Crippen LogP contribution is 2.05. The van der Waals surface area contributed by atoms with E-state index < -0.39 is 5.97 Å². The summed E-state index contributed by atoms with van der Waals surface area (Å²) in [7, 11) is 0. The number of halogens is 1. The summed E-state index contributed by atoms with van der Waals surface area (Å²) in [6, 6.07) is 6.71. The van der Waals surface area contributed by atoms with Crippen LogP contribution in [-0.4, -0.2) is 11.1 Å². The third kappa shape index (κ3) is 2.70. The third-order valence-corrected chi connectivity index (χ3v) is 1.44. The summed E-state index contributed by atoms with van der Waals surface area (Å²) in [6.45, 7) is 0. The van der Waals surface area contributed by atoms with Crippen LogP contribution in [0.2, 0.25) is 0 Å². The van der Waals surface area contributed by atoms with E-state index in [1.165, 1.54) is 12.1 Å². The van der Waals surface area contributed by atoms with Crippen molar-refractivity contribution in [2.75, 3.05) is 0 Å². The summed E-state index contributed by atoms with van der Waals surface area (Å²) in [5.74, 6) is -1.25. The summed E-state index contributed by atoms with van der Waals surface area (Å²) < 4.78 is 12.5. The Labute approximate surface area is 69.6 Å². The molecular formula is C9H8FO2. The molecule has 0 aromatic heterocycles. The molecule has 0 heterocycles. The summed E-state index contributed by atoms with van der Waals surface area (Å²) in [5, 5.41) is 8.34. The monoisotopic (exact) mass is 167 g/mol. The average molecular weight is 167 g/mol. The molecule has 0 aliphatic carbocycles. The van der Waals surface area contributed by atoms with E-state index in [1.807, 2.05) is 0 Å². The molecule has 0 saturated heterocycles. The lowest BCUT2D eigenvalue weighted by molar-refractivity contribution is -0.136. The van der Waals surface area contributed by atoms with Gasteiger partial charge in [0.15, 0.2) is 0 Å². The van der Waals surface area contributed by atoms with Crippen molar-refractivity contribution in [2.45, 2.75) is 12.8 Å². The van der Waals surface area contributed by atoms with Gasteiger partial charge in [-0.15, -0.1) is 0 Å². The fraction of sp³-hybridized carbons (Fsp3) is 0.222. The molecule has 0 amide bonds. The van der Waals surface area contributed by atoms with Gasteiger partial charge in [-0.25, -0.2) is 4.39 Å². The van der Waals surface area contributed by atoms with Gasteiger partial charge in [0.2, 0.25) is 0 Å². The van der Waals surface area contributed by atoms with Gasteiger partial charge in [0.05, 0.1) is 0 Å². The van der Waals surface area contributed by atoms with Crippen molar-refractivity contribution >= 4 is 5.97 Å². The number of benzene rings is 1. The number of aliphatic carboxylic acids is 1. The lowest BCUT2D eigenvalue weighted by atomic mass is 10.1. The second kappa shape index (κ2) is 3.85. The molecule has 1 N–H and O–H groups in total. The van der Waals surface area contributed by atoms with Crippen LogP contribution in [0.5, 0.6) is 0 Å². The molecule has 1 rings (SSSR count). The molecule has 0 aliphatic rings. The summed E-state index contributed by atoms with van der Waals surface area (Å²) in [4.78, 5) is 10.2. The standard InChI is InChI=1S/C9H8FO2/c10-8-3-1-2-7(6-8)4-5-9(11)12/h2-3,6H,4-5H2,(H,11,12). The number of carboxylic acids is 1. The van der Waals surface area contributed by atoms with Gasteiger partial charge in [-0.3, -0.25) is 4.79 Å². The Kier molecular flexibility index (Phi) is 2.80. The molecule has 2 nitrogen and oxygen atoms in total. The van der Waals surface area contributed by atoms with Gasteiger partial charge in [0.1, 0.15) is 5.82 Å². The zero-order chi connectivity index (χ0) is 8.97. The van der Waals surface area contributed by atoms with Gasteiger partial charge in [0.25, 0.3) is 0 Å². The maximum atomic E-state index is 12.5. The van der Waals surface area contributed by atoms with Crippen molar-refractivity contribution in [1.82, 2.24) is 0 Å². The Morgan fingerprint density at radius 3 is 2.92 bits per heavy atom. The van der Waals surface area contributed by atoms with Gasteiger partial charge in [0, 0.05) is 6.42 Å². The highest BCUT2D eigenvalue weighted by molar-refractivity contribution is 5.67. The molecule has 0 saturated carbocycles. The Balaban J connectivity index is 2.57. The first-order valence-electron chi connectivity index (χ1n) is 3.56. The SMILES string of the molecule is O=C(O)CCc1c[c]cc(F)c1. The molecule has 1 radical (unpaired) electrons. The van der Waals surface area contributed by atoms with E-state index in [-0.39, 0.29) is 12.2 Å². The van der Waals surface area contributed by atoms with Crippen LogP contribution in [0.25, 0.3) is 0 Å². The predicted molar refractivity (Wildman–Crippen MR) is 41.2 cm³/mol. The number of aryl methyl sites for hydroxylation is 1. The maximum Gasteiger partial charge on any atom is 0.303 e. The second-order valence-corrected chi connectivity index (χ2v) is 2.45. The third-order valence-electron chi connectivity index (χ3n) is 1.44. The predicted octanol–water partition coefficient (Wildman–Crippen LogP) is 1.64. The van der Waals surface area contributed by atoms with Gasteiger partial charge < -0.3 is 5.11 Å². The highest BCUT2D eigenvalue weighted by Gasteiger charge is 1.99. The van der Waals surface area contributed by atoms with Crippen molar-refractivity contribution in [3.63, 3.8) is 0 Å². The van der Waals surface area contributed by atoms with Crippen LogP contribution in [-0.2, 0) is 11.2 Å². The van der Waals surface area contributed by atoms with E-state index in [9.17, 15) is 9.18 Å². The minimum atomic E-state index is -0.876. The highest BCUT2D eigenvalue weighted by atomic mass is 19.1. The first-order valence-corrected chi connectivity index (χ1v) is 3.56. The second-order valence-electron chi connectivity index (χ2n) is 2.45. The van der Waals surface area contributed by atoms with Crippen LogP contribution in [0.15, 0.2) is 18.2 Å². The Bertz CT molecular complexity index is 284. The number of carbonyl (C=O) groups is 1. The Morgan fingerprint density at radius 1 is 1.58 bits per heavy atom. The van der Waals surface area contributed by atoms with E-state index in [0.717, 1.165) is 0 Å². The summed E-state index contributed by atoms with van der Waals surface area (Å²) in [5.41, 5.74) is 0.664. The van der Waals surface area contributed by atoms with Crippen molar-refractivity contribution in [3.05, 3.63) is 35.6 Å². The molecule has 0 fully saturated rings. The smallest absolute Gasteiger partial charge is 0.303 e. The summed E-state index contributed by atoms with van der Waals surface area (Å²) in [6.07, 6.45) is 0.376. The normalized spacial score (nSPS) is 9.75. The molecule has 3 heteroatoms. The van der Waals surface area contributed by atoms with E-state index >= 15 is 0 Å². The van der Waals surface area contributed by atoms with Crippen molar-refractivity contribution in [2.24, 2.45) is 0 Å². The molecular weight excluding hydrogens is 159 g/mol. The Hall–Kier alpha value is -1.38. The van der Waals surface area contributed by atoms with Crippen LogP contribution in [0, 0.1) is 11.9 Å². The molecule has 12 heavy (non-hydrogen) atoms. The van der Waals surface area contributed by atoms with E-state index in [2.05, 4.69) is 6.07 Å². The fourth-order valence-corrected chi connectivity index (χ4v) is 0.884. The largest absolute Gasteiger partial charge is 0.481 e. The molecule has 0 unspecified atom stereocenters. The molecule has 63 valence electrons. The zero-order valence-electron chi connectivity index (χ0n) is 6.38. The van der Waals surface area contributed by atoms with Crippen molar-refractivity contribution in [1.29, 1.82) is 0 Å². The molecule has 0 atom stereocenters. The molecule has 0 bridgehead atoms. The first-order chi connectivity index (χ1) is 5.68. The number of rotatable bonds is 3. The van der Waals surface area contributed by atoms with Gasteiger partial charge >= 0.3 is 5.97 Å². The molecule has 0 aliphatic heterocycles. The maximum absolute atomic E-state index is 12.5.